The fourth-order valence-corrected chi connectivity index (χ4v) is 2.50. The Kier molecular flexibility index (Phi) is 7.09. The standard InChI is InChI=1S/C21H24N2O3/c1-3-4-5-12-22-20(25)17-9-6-10-18(13-17)21(26)23-19-11-7-8-16(14-19)15(2)24/h6-11,13-14H,3-5,12H2,1-2H3,(H,22,25)(H,23,26). The van der Waals surface area contributed by atoms with Crippen LogP contribution in [0.1, 0.15) is 64.2 Å². The molecule has 0 heterocycles. The van der Waals surface area contributed by atoms with E-state index in [1.165, 1.54) is 6.92 Å². The van der Waals surface area contributed by atoms with E-state index in [0.717, 1.165) is 19.3 Å². The highest BCUT2D eigenvalue weighted by molar-refractivity contribution is 6.06. The van der Waals surface area contributed by atoms with Gasteiger partial charge in [0.05, 0.1) is 0 Å². The fraction of sp³-hybridized carbons (Fsp3) is 0.286. The number of benzene rings is 2. The smallest absolute Gasteiger partial charge is 0.255 e. The first-order valence-electron chi connectivity index (χ1n) is 8.82. The van der Waals surface area contributed by atoms with Gasteiger partial charge in [-0.15, -0.1) is 0 Å². The molecule has 136 valence electrons. The molecule has 5 heteroatoms. The SMILES string of the molecule is CCCCCNC(=O)c1cccc(C(=O)Nc2cccc(C(C)=O)c2)c1. The van der Waals surface area contributed by atoms with Gasteiger partial charge < -0.3 is 10.6 Å². The summed E-state index contributed by atoms with van der Waals surface area (Å²) in [6.07, 6.45) is 3.10. The van der Waals surface area contributed by atoms with Crippen LogP contribution >= 0.6 is 0 Å². The predicted octanol–water partition coefficient (Wildman–Crippen LogP) is 4.06. The van der Waals surface area contributed by atoms with E-state index >= 15 is 0 Å². The summed E-state index contributed by atoms with van der Waals surface area (Å²) < 4.78 is 0. The number of Topliss-reactive ketones (excluding diaryl/α,β-unsaturated/α-hetero) is 1. The third-order valence-electron chi connectivity index (χ3n) is 3.98. The lowest BCUT2D eigenvalue weighted by Crippen LogP contribution is -2.24. The molecule has 0 radical (unpaired) electrons. The van der Waals surface area contributed by atoms with Gasteiger partial charge in [-0.05, 0) is 43.7 Å². The van der Waals surface area contributed by atoms with Crippen LogP contribution in [-0.2, 0) is 0 Å². The second kappa shape index (κ2) is 9.51. The molecule has 0 saturated carbocycles. The fourth-order valence-electron chi connectivity index (χ4n) is 2.50. The van der Waals surface area contributed by atoms with Crippen LogP contribution in [0, 0.1) is 0 Å². The van der Waals surface area contributed by atoms with Crippen molar-refractivity contribution in [3.05, 3.63) is 65.2 Å². The molecule has 0 aliphatic carbocycles. The molecule has 0 bridgehead atoms. The number of carbonyl (C=O) groups is 3. The Balaban J connectivity index is 2.04. The van der Waals surface area contributed by atoms with Gasteiger partial charge in [0.2, 0.25) is 0 Å². The molecule has 2 aromatic carbocycles. The minimum Gasteiger partial charge on any atom is -0.352 e. The lowest BCUT2D eigenvalue weighted by molar-refractivity contribution is 0.0952. The number of amides is 2. The summed E-state index contributed by atoms with van der Waals surface area (Å²) in [6, 6.07) is 13.3. The van der Waals surface area contributed by atoms with Gasteiger partial charge in [-0.25, -0.2) is 0 Å². The van der Waals surface area contributed by atoms with Crippen molar-refractivity contribution in [1.29, 1.82) is 0 Å². The average molecular weight is 352 g/mol. The topological polar surface area (TPSA) is 75.3 Å². The largest absolute Gasteiger partial charge is 0.352 e. The first kappa shape index (κ1) is 19.4. The number of unbranched alkanes of at least 4 members (excludes halogenated alkanes) is 2. The van der Waals surface area contributed by atoms with Gasteiger partial charge in [-0.2, -0.15) is 0 Å². The van der Waals surface area contributed by atoms with Crippen molar-refractivity contribution in [3.8, 4) is 0 Å². The zero-order chi connectivity index (χ0) is 18.9. The summed E-state index contributed by atoms with van der Waals surface area (Å²) >= 11 is 0. The van der Waals surface area contributed by atoms with E-state index in [-0.39, 0.29) is 17.6 Å². The van der Waals surface area contributed by atoms with Crippen molar-refractivity contribution in [1.82, 2.24) is 5.32 Å². The van der Waals surface area contributed by atoms with Gasteiger partial charge in [0, 0.05) is 28.9 Å². The van der Waals surface area contributed by atoms with Gasteiger partial charge in [-0.3, -0.25) is 14.4 Å². The zero-order valence-electron chi connectivity index (χ0n) is 15.2. The molecular weight excluding hydrogens is 328 g/mol. The molecule has 2 rings (SSSR count). The summed E-state index contributed by atoms with van der Waals surface area (Å²) in [7, 11) is 0. The summed E-state index contributed by atoms with van der Waals surface area (Å²) in [4.78, 5) is 36.1. The highest BCUT2D eigenvalue weighted by Gasteiger charge is 2.11. The van der Waals surface area contributed by atoms with E-state index in [1.54, 1.807) is 48.5 Å². The number of hydrogen-bond donors (Lipinski definition) is 2. The molecule has 0 aliphatic rings. The Morgan fingerprint density at radius 2 is 1.50 bits per heavy atom. The average Bonchev–Trinajstić information content (AvgIpc) is 2.65. The molecule has 0 aromatic heterocycles. The van der Waals surface area contributed by atoms with Crippen LogP contribution in [0.5, 0.6) is 0 Å². The van der Waals surface area contributed by atoms with E-state index in [9.17, 15) is 14.4 Å². The Morgan fingerprint density at radius 3 is 2.19 bits per heavy atom. The molecule has 5 nitrogen and oxygen atoms in total. The van der Waals surface area contributed by atoms with Gasteiger partial charge in [0.1, 0.15) is 0 Å². The number of carbonyl (C=O) groups excluding carboxylic acids is 3. The molecule has 0 spiro atoms. The monoisotopic (exact) mass is 352 g/mol. The second-order valence-corrected chi connectivity index (χ2v) is 6.13. The van der Waals surface area contributed by atoms with E-state index in [0.29, 0.717) is 28.9 Å². The molecule has 0 aliphatic heterocycles. The highest BCUT2D eigenvalue weighted by Crippen LogP contribution is 2.14. The van der Waals surface area contributed by atoms with Crippen LogP contribution in [0.2, 0.25) is 0 Å². The molecule has 2 N–H and O–H groups in total. The maximum Gasteiger partial charge on any atom is 0.255 e. The maximum absolute atomic E-state index is 12.4. The van der Waals surface area contributed by atoms with Crippen LogP contribution in [0.4, 0.5) is 5.69 Å². The highest BCUT2D eigenvalue weighted by atomic mass is 16.2. The molecule has 0 unspecified atom stereocenters. The van der Waals surface area contributed by atoms with Gasteiger partial charge >= 0.3 is 0 Å². The van der Waals surface area contributed by atoms with Crippen LogP contribution in [-0.4, -0.2) is 24.1 Å². The Bertz CT molecular complexity index is 799. The summed E-state index contributed by atoms with van der Waals surface area (Å²) in [5, 5.41) is 5.62. The van der Waals surface area contributed by atoms with E-state index in [1.807, 2.05) is 0 Å². The molecule has 0 fully saturated rings. The quantitative estimate of drug-likeness (QED) is 0.556. The molecule has 2 amide bonds. The lowest BCUT2D eigenvalue weighted by Gasteiger charge is -2.08. The van der Waals surface area contributed by atoms with Crippen molar-refractivity contribution in [3.63, 3.8) is 0 Å². The minimum atomic E-state index is -0.327. The number of rotatable bonds is 8. The molecule has 26 heavy (non-hydrogen) atoms. The van der Waals surface area contributed by atoms with Crippen LogP contribution in [0.25, 0.3) is 0 Å². The number of nitrogens with one attached hydrogen (secondary N) is 2. The second-order valence-electron chi connectivity index (χ2n) is 6.13. The van der Waals surface area contributed by atoms with E-state index < -0.39 is 0 Å². The first-order valence-corrected chi connectivity index (χ1v) is 8.82. The molecule has 2 aromatic rings. The minimum absolute atomic E-state index is 0.0668. The van der Waals surface area contributed by atoms with Gasteiger partial charge in [-0.1, -0.05) is 38.0 Å². The molecular formula is C21H24N2O3. The van der Waals surface area contributed by atoms with Gasteiger partial charge in [0.15, 0.2) is 5.78 Å². The first-order chi connectivity index (χ1) is 12.5. The van der Waals surface area contributed by atoms with Crippen molar-refractivity contribution in [2.75, 3.05) is 11.9 Å². The Morgan fingerprint density at radius 1 is 0.846 bits per heavy atom. The van der Waals surface area contributed by atoms with Crippen LogP contribution < -0.4 is 10.6 Å². The van der Waals surface area contributed by atoms with E-state index in [4.69, 9.17) is 0 Å². The van der Waals surface area contributed by atoms with Crippen LogP contribution in [0.15, 0.2) is 48.5 Å². The third-order valence-corrected chi connectivity index (χ3v) is 3.98. The summed E-state index contributed by atoms with van der Waals surface area (Å²) in [5.41, 5.74) is 1.91. The van der Waals surface area contributed by atoms with Crippen LogP contribution in [0.3, 0.4) is 0 Å². The maximum atomic E-state index is 12.4. The Hall–Kier alpha value is -2.95. The number of ketones is 1. The molecule has 0 saturated heterocycles. The summed E-state index contributed by atoms with van der Waals surface area (Å²) in [6.45, 7) is 4.21. The van der Waals surface area contributed by atoms with Crippen molar-refractivity contribution < 1.29 is 14.4 Å². The number of hydrogen-bond acceptors (Lipinski definition) is 3. The normalized spacial score (nSPS) is 10.2. The van der Waals surface area contributed by atoms with Crippen molar-refractivity contribution in [2.45, 2.75) is 33.1 Å². The lowest BCUT2D eigenvalue weighted by atomic mass is 10.1. The number of anilines is 1. The van der Waals surface area contributed by atoms with Gasteiger partial charge in [0.25, 0.3) is 11.8 Å². The van der Waals surface area contributed by atoms with Crippen molar-refractivity contribution >= 4 is 23.3 Å². The van der Waals surface area contributed by atoms with E-state index in [2.05, 4.69) is 17.6 Å². The third kappa shape index (κ3) is 5.55. The zero-order valence-corrected chi connectivity index (χ0v) is 15.2. The summed E-state index contributed by atoms with van der Waals surface area (Å²) in [5.74, 6) is -0.580. The predicted molar refractivity (Wildman–Crippen MR) is 103 cm³/mol. The molecule has 0 atom stereocenters. The van der Waals surface area contributed by atoms with Crippen molar-refractivity contribution in [2.24, 2.45) is 0 Å². The Labute approximate surface area is 153 Å².